The minimum Gasteiger partial charge on any atom is -0.353 e. The fourth-order valence-electron chi connectivity index (χ4n) is 2.69. The number of hydrogen-bond donors (Lipinski definition) is 1. The van der Waals surface area contributed by atoms with Crippen molar-refractivity contribution < 1.29 is 13.5 Å². The third kappa shape index (κ3) is 2.59. The zero-order chi connectivity index (χ0) is 15.0. The average molecular weight is 355 g/mol. The average Bonchev–Trinajstić information content (AvgIpc) is 2.84. The van der Waals surface area contributed by atoms with Gasteiger partial charge in [0.1, 0.15) is 17.2 Å². The van der Waals surface area contributed by atoms with Crippen LogP contribution in [-0.4, -0.2) is 11.7 Å². The molecule has 0 bridgehead atoms. The first-order valence-corrected chi connectivity index (χ1v) is 7.23. The molecule has 0 aliphatic carbocycles. The van der Waals surface area contributed by atoms with Crippen LogP contribution >= 0.6 is 15.9 Å². The molecular weight excluding hydrogens is 342 g/mol. The summed E-state index contributed by atoms with van der Waals surface area (Å²) in [5.74, 6) is -0.982. The maximum atomic E-state index is 14.1. The van der Waals surface area contributed by atoms with Gasteiger partial charge in [-0.1, -0.05) is 0 Å². The number of hydrogen-bond acceptors (Lipinski definition) is 3. The monoisotopic (exact) mass is 354 g/mol. The lowest BCUT2D eigenvalue weighted by Crippen LogP contribution is -2.32. The molecule has 110 valence electrons. The first kappa shape index (κ1) is 14.6. The molecule has 1 aliphatic rings. The Hall–Kier alpha value is -1.37. The molecule has 1 aromatic carbocycles. The molecule has 1 aromatic heterocycles. The van der Waals surface area contributed by atoms with Gasteiger partial charge in [-0.05, 0) is 52.7 Å². The molecule has 1 fully saturated rings. The summed E-state index contributed by atoms with van der Waals surface area (Å²) in [6, 6.07) is 4.96. The van der Waals surface area contributed by atoms with Crippen LogP contribution < -0.4 is 5.32 Å². The fourth-order valence-corrected chi connectivity index (χ4v) is 3.07. The highest BCUT2D eigenvalue weighted by atomic mass is 79.9. The number of aromatic nitrogens is 1. The lowest BCUT2D eigenvalue weighted by molar-refractivity contribution is 0.00330. The molecule has 21 heavy (non-hydrogen) atoms. The van der Waals surface area contributed by atoms with Crippen molar-refractivity contribution in [3.63, 3.8) is 0 Å². The first-order valence-electron chi connectivity index (χ1n) is 6.44. The Balaban J connectivity index is 2.08. The first-order chi connectivity index (χ1) is 10.0. The third-order valence-corrected chi connectivity index (χ3v) is 4.17. The quantitative estimate of drug-likeness (QED) is 0.893. The second-order valence-electron chi connectivity index (χ2n) is 5.09. The van der Waals surface area contributed by atoms with Gasteiger partial charge in [0.15, 0.2) is 0 Å². The second kappa shape index (κ2) is 5.44. The molecule has 1 N–H and O–H groups in total. The molecule has 0 spiro atoms. The largest absolute Gasteiger partial charge is 0.353 e. The summed E-state index contributed by atoms with van der Waals surface area (Å²) in [6.45, 7) is 2.00. The van der Waals surface area contributed by atoms with Gasteiger partial charge in [0.2, 0.25) is 0 Å². The Kier molecular flexibility index (Phi) is 3.77. The van der Waals surface area contributed by atoms with E-state index in [1.54, 1.807) is 19.3 Å². The van der Waals surface area contributed by atoms with Gasteiger partial charge in [-0.2, -0.15) is 0 Å². The van der Waals surface area contributed by atoms with Gasteiger partial charge in [-0.3, -0.25) is 10.3 Å². The number of pyridine rings is 1. The van der Waals surface area contributed by atoms with Crippen molar-refractivity contribution in [3.05, 3.63) is 63.9 Å². The van der Waals surface area contributed by atoms with Crippen LogP contribution in [0.15, 0.2) is 41.1 Å². The SMILES string of the molecule is C[C@@]1(c2cc(F)ccc2F)OCN[C@@H]1c1cncc(Br)c1. The molecule has 3 rings (SSSR count). The van der Waals surface area contributed by atoms with Gasteiger partial charge < -0.3 is 4.74 Å². The minimum absolute atomic E-state index is 0.192. The highest BCUT2D eigenvalue weighted by molar-refractivity contribution is 9.10. The molecule has 2 heterocycles. The van der Waals surface area contributed by atoms with Crippen LogP contribution in [-0.2, 0) is 10.3 Å². The van der Waals surface area contributed by atoms with Crippen molar-refractivity contribution in [2.24, 2.45) is 0 Å². The Morgan fingerprint density at radius 1 is 1.33 bits per heavy atom. The van der Waals surface area contributed by atoms with Gasteiger partial charge in [-0.25, -0.2) is 8.78 Å². The van der Waals surface area contributed by atoms with Crippen LogP contribution in [0.3, 0.4) is 0 Å². The zero-order valence-corrected chi connectivity index (χ0v) is 12.8. The van der Waals surface area contributed by atoms with E-state index in [2.05, 4.69) is 26.2 Å². The summed E-state index contributed by atoms with van der Waals surface area (Å²) < 4.78 is 34.2. The van der Waals surface area contributed by atoms with Crippen molar-refractivity contribution in [1.29, 1.82) is 0 Å². The van der Waals surface area contributed by atoms with Crippen molar-refractivity contribution >= 4 is 15.9 Å². The molecule has 1 aliphatic heterocycles. The summed E-state index contributed by atoms with van der Waals surface area (Å²) in [6.07, 6.45) is 3.35. The number of nitrogens with one attached hydrogen (secondary N) is 1. The van der Waals surface area contributed by atoms with Gasteiger partial charge >= 0.3 is 0 Å². The summed E-state index contributed by atoms with van der Waals surface area (Å²) in [7, 11) is 0. The molecule has 6 heteroatoms. The summed E-state index contributed by atoms with van der Waals surface area (Å²) in [4.78, 5) is 4.12. The van der Waals surface area contributed by atoms with E-state index < -0.39 is 17.2 Å². The van der Waals surface area contributed by atoms with E-state index in [9.17, 15) is 8.78 Å². The molecule has 1 saturated heterocycles. The van der Waals surface area contributed by atoms with Gasteiger partial charge in [0, 0.05) is 22.4 Å². The summed E-state index contributed by atoms with van der Waals surface area (Å²) in [5.41, 5.74) is 0.0276. The fraction of sp³-hybridized carbons (Fsp3) is 0.267. The van der Waals surface area contributed by atoms with E-state index in [-0.39, 0.29) is 18.3 Å². The highest BCUT2D eigenvalue weighted by Gasteiger charge is 2.44. The maximum absolute atomic E-state index is 14.1. The summed E-state index contributed by atoms with van der Waals surface area (Å²) in [5, 5.41) is 3.16. The van der Waals surface area contributed by atoms with Gasteiger partial charge in [-0.15, -0.1) is 0 Å². The third-order valence-electron chi connectivity index (χ3n) is 3.73. The number of benzene rings is 1. The molecule has 0 unspecified atom stereocenters. The minimum atomic E-state index is -1.01. The van der Waals surface area contributed by atoms with Crippen molar-refractivity contribution in [2.75, 3.05) is 6.73 Å². The maximum Gasteiger partial charge on any atom is 0.129 e. The van der Waals surface area contributed by atoms with E-state index in [4.69, 9.17) is 4.74 Å². The van der Waals surface area contributed by atoms with Crippen LogP contribution in [0.5, 0.6) is 0 Å². The second-order valence-corrected chi connectivity index (χ2v) is 6.01. The molecule has 0 saturated carbocycles. The molecule has 0 radical (unpaired) electrons. The standard InChI is InChI=1S/C15H13BrF2N2O/c1-15(12-5-11(17)2-3-13(12)18)14(20-8-21-15)9-4-10(16)7-19-6-9/h2-7,14,20H,8H2,1H3/t14-,15+/m1/s1. The topological polar surface area (TPSA) is 34.1 Å². The van der Waals surface area contributed by atoms with Crippen LogP contribution in [0.2, 0.25) is 0 Å². The van der Waals surface area contributed by atoms with E-state index in [0.29, 0.717) is 0 Å². The number of rotatable bonds is 2. The van der Waals surface area contributed by atoms with Crippen molar-refractivity contribution in [2.45, 2.75) is 18.6 Å². The highest BCUT2D eigenvalue weighted by Crippen LogP contribution is 2.43. The number of nitrogens with zero attached hydrogens (tertiary/aromatic N) is 1. The summed E-state index contributed by atoms with van der Waals surface area (Å²) >= 11 is 3.36. The number of ether oxygens (including phenoxy) is 1. The Bertz CT molecular complexity index is 682. The Labute approximate surface area is 129 Å². The van der Waals surface area contributed by atoms with E-state index in [1.807, 2.05) is 6.07 Å². The molecule has 0 amide bonds. The van der Waals surface area contributed by atoms with Crippen molar-refractivity contribution in [1.82, 2.24) is 10.3 Å². The predicted molar refractivity (Wildman–Crippen MR) is 77.5 cm³/mol. The van der Waals surface area contributed by atoms with Crippen LogP contribution in [0.1, 0.15) is 24.1 Å². The van der Waals surface area contributed by atoms with Crippen LogP contribution in [0, 0.1) is 11.6 Å². The van der Waals surface area contributed by atoms with Crippen molar-refractivity contribution in [3.8, 4) is 0 Å². The molecular formula is C15H13BrF2N2O. The molecule has 2 atom stereocenters. The lowest BCUT2D eigenvalue weighted by Gasteiger charge is -2.30. The van der Waals surface area contributed by atoms with Gasteiger partial charge in [0.05, 0.1) is 12.8 Å². The van der Waals surface area contributed by atoms with E-state index in [0.717, 1.165) is 22.2 Å². The zero-order valence-electron chi connectivity index (χ0n) is 11.2. The molecule has 3 nitrogen and oxygen atoms in total. The smallest absolute Gasteiger partial charge is 0.129 e. The number of halogens is 3. The van der Waals surface area contributed by atoms with Gasteiger partial charge in [0.25, 0.3) is 0 Å². The van der Waals surface area contributed by atoms with Crippen LogP contribution in [0.25, 0.3) is 0 Å². The normalized spacial score (nSPS) is 25.2. The molecule has 2 aromatic rings. The Morgan fingerprint density at radius 3 is 2.90 bits per heavy atom. The van der Waals surface area contributed by atoms with Crippen LogP contribution in [0.4, 0.5) is 8.78 Å². The lowest BCUT2D eigenvalue weighted by atomic mass is 9.85. The van der Waals surface area contributed by atoms with E-state index in [1.165, 1.54) is 6.07 Å². The van der Waals surface area contributed by atoms with E-state index >= 15 is 0 Å². The Morgan fingerprint density at radius 2 is 2.14 bits per heavy atom. The predicted octanol–water partition coefficient (Wildman–Crippen LogP) is 3.66.